The number of nitrogens with zero attached hydrogens (tertiary/aromatic N) is 1. The van der Waals surface area contributed by atoms with Crippen LogP contribution < -0.4 is 9.47 Å². The molecule has 0 aromatic heterocycles. The van der Waals surface area contributed by atoms with E-state index in [0.29, 0.717) is 22.4 Å². The van der Waals surface area contributed by atoms with Crippen molar-refractivity contribution in [3.63, 3.8) is 0 Å². The smallest absolute Gasteiger partial charge is 0.347 e. The number of rotatable bonds is 7. The number of carbonyl (C=O) groups is 2. The zero-order chi connectivity index (χ0) is 21.5. The maximum absolute atomic E-state index is 12.3. The third-order valence-corrected chi connectivity index (χ3v) is 4.18. The topological polar surface area (TPSA) is 95.7 Å². The molecule has 0 aliphatic heterocycles. The van der Waals surface area contributed by atoms with Crippen LogP contribution in [0.15, 0.2) is 78.9 Å². The van der Waals surface area contributed by atoms with Gasteiger partial charge in [0, 0.05) is 17.7 Å². The molecule has 0 aliphatic carbocycles. The van der Waals surface area contributed by atoms with Crippen LogP contribution in [0.1, 0.15) is 26.3 Å². The van der Waals surface area contributed by atoms with Crippen molar-refractivity contribution < 1.29 is 24.0 Å². The van der Waals surface area contributed by atoms with Gasteiger partial charge < -0.3 is 9.47 Å². The Hall–Kier alpha value is -4.26. The molecule has 7 nitrogen and oxygen atoms in total. The summed E-state index contributed by atoms with van der Waals surface area (Å²) < 4.78 is 10.5. The van der Waals surface area contributed by atoms with E-state index in [1.165, 1.54) is 55.7 Å². The summed E-state index contributed by atoms with van der Waals surface area (Å²) in [5, 5.41) is 10.8. The number of nitro benzene ring substituents is 1. The van der Waals surface area contributed by atoms with E-state index in [-0.39, 0.29) is 17.2 Å². The molecule has 0 atom stereocenters. The van der Waals surface area contributed by atoms with Crippen molar-refractivity contribution in [2.24, 2.45) is 0 Å². The Balaban J connectivity index is 1.68. The Bertz CT molecular complexity index is 1120. The summed E-state index contributed by atoms with van der Waals surface area (Å²) >= 11 is 0. The highest BCUT2D eigenvalue weighted by Gasteiger charge is 2.14. The van der Waals surface area contributed by atoms with Gasteiger partial charge in [-0.2, -0.15) is 0 Å². The Morgan fingerprint density at radius 2 is 1.70 bits per heavy atom. The minimum absolute atomic E-state index is 0.0502. The van der Waals surface area contributed by atoms with E-state index in [1.807, 2.05) is 0 Å². The van der Waals surface area contributed by atoms with E-state index in [4.69, 9.17) is 9.47 Å². The number of methoxy groups -OCH3 is 1. The third kappa shape index (κ3) is 4.96. The summed E-state index contributed by atoms with van der Waals surface area (Å²) in [4.78, 5) is 35.0. The number of hydrogen-bond acceptors (Lipinski definition) is 6. The quantitative estimate of drug-likeness (QED) is 0.141. The first-order chi connectivity index (χ1) is 14.5. The van der Waals surface area contributed by atoms with E-state index in [1.54, 1.807) is 36.4 Å². The number of ketones is 1. The number of carbonyl (C=O) groups excluding carboxylic acids is 2. The second kappa shape index (κ2) is 9.29. The van der Waals surface area contributed by atoms with Crippen LogP contribution in [0, 0.1) is 10.1 Å². The number of nitro groups is 1. The lowest BCUT2D eigenvalue weighted by molar-refractivity contribution is -0.384. The molecule has 3 aromatic rings. The largest absolute Gasteiger partial charge is 0.496 e. The number of non-ortho nitro benzene ring substituents is 1. The molecule has 0 fully saturated rings. The van der Waals surface area contributed by atoms with Crippen molar-refractivity contribution in [2.45, 2.75) is 0 Å². The number of benzene rings is 3. The first-order valence-corrected chi connectivity index (χ1v) is 8.90. The van der Waals surface area contributed by atoms with Crippen molar-refractivity contribution >= 4 is 23.5 Å². The highest BCUT2D eigenvalue weighted by molar-refractivity contribution is 6.07. The highest BCUT2D eigenvalue weighted by atomic mass is 16.6. The van der Waals surface area contributed by atoms with Crippen molar-refractivity contribution in [1.29, 1.82) is 0 Å². The van der Waals surface area contributed by atoms with Crippen LogP contribution in [-0.4, -0.2) is 23.8 Å². The molecule has 0 spiro atoms. The van der Waals surface area contributed by atoms with Crippen LogP contribution >= 0.6 is 0 Å². The Kier molecular flexibility index (Phi) is 6.34. The third-order valence-electron chi connectivity index (χ3n) is 4.18. The second-order valence-corrected chi connectivity index (χ2v) is 6.16. The monoisotopic (exact) mass is 403 g/mol. The molecular formula is C23H17NO6. The molecular weight excluding hydrogens is 386 g/mol. The molecule has 0 saturated carbocycles. The molecule has 7 heteroatoms. The fourth-order valence-corrected chi connectivity index (χ4v) is 2.67. The van der Waals surface area contributed by atoms with E-state index >= 15 is 0 Å². The average molecular weight is 403 g/mol. The molecule has 0 amide bonds. The standard InChI is InChI=1S/C23H17NO6/c1-29-22-8-3-2-7-20(22)23(26)30-19-12-10-17(11-13-19)21(25)14-9-16-5-4-6-18(15-16)24(27)28/h2-15H,1H3. The van der Waals surface area contributed by atoms with Gasteiger partial charge in [-0.05, 0) is 48.0 Å². The molecule has 0 radical (unpaired) electrons. The fraction of sp³-hybridized carbons (Fsp3) is 0.0435. The fourth-order valence-electron chi connectivity index (χ4n) is 2.67. The minimum atomic E-state index is -0.572. The summed E-state index contributed by atoms with van der Waals surface area (Å²) in [6.07, 6.45) is 2.83. The molecule has 3 rings (SSSR count). The molecule has 0 unspecified atom stereocenters. The molecule has 150 valence electrons. The van der Waals surface area contributed by atoms with Crippen molar-refractivity contribution in [2.75, 3.05) is 7.11 Å². The van der Waals surface area contributed by atoms with Crippen LogP contribution in [0.4, 0.5) is 5.69 Å². The average Bonchev–Trinajstić information content (AvgIpc) is 2.78. The molecule has 3 aromatic carbocycles. The maximum Gasteiger partial charge on any atom is 0.347 e. The van der Waals surface area contributed by atoms with Crippen LogP contribution in [0.2, 0.25) is 0 Å². The zero-order valence-electron chi connectivity index (χ0n) is 16.0. The van der Waals surface area contributed by atoms with Crippen LogP contribution in [-0.2, 0) is 0 Å². The van der Waals surface area contributed by atoms with Gasteiger partial charge in [-0.3, -0.25) is 14.9 Å². The lowest BCUT2D eigenvalue weighted by Gasteiger charge is -2.08. The normalized spacial score (nSPS) is 10.6. The summed E-state index contributed by atoms with van der Waals surface area (Å²) in [5.41, 5.74) is 1.17. The van der Waals surface area contributed by atoms with E-state index in [2.05, 4.69) is 0 Å². The summed E-state index contributed by atoms with van der Waals surface area (Å²) in [6.45, 7) is 0. The zero-order valence-corrected chi connectivity index (χ0v) is 16.0. The van der Waals surface area contributed by atoms with Crippen LogP contribution in [0.25, 0.3) is 6.08 Å². The van der Waals surface area contributed by atoms with Crippen molar-refractivity contribution in [3.05, 3.63) is 106 Å². The molecule has 0 N–H and O–H groups in total. The molecule has 0 bridgehead atoms. The minimum Gasteiger partial charge on any atom is -0.496 e. The van der Waals surface area contributed by atoms with E-state index in [0.717, 1.165) is 0 Å². The van der Waals surface area contributed by atoms with Gasteiger partial charge in [-0.15, -0.1) is 0 Å². The van der Waals surface area contributed by atoms with Crippen LogP contribution in [0.5, 0.6) is 11.5 Å². The van der Waals surface area contributed by atoms with Gasteiger partial charge in [0.25, 0.3) is 5.69 Å². The maximum atomic E-state index is 12.3. The highest BCUT2D eigenvalue weighted by Crippen LogP contribution is 2.21. The number of hydrogen-bond donors (Lipinski definition) is 0. The summed E-state index contributed by atoms with van der Waals surface area (Å²) in [7, 11) is 1.47. The van der Waals surface area contributed by atoms with Gasteiger partial charge in [0.1, 0.15) is 17.1 Å². The van der Waals surface area contributed by atoms with Gasteiger partial charge in [0.2, 0.25) is 0 Å². The van der Waals surface area contributed by atoms with E-state index < -0.39 is 10.9 Å². The summed E-state index contributed by atoms with van der Waals surface area (Å²) in [5.74, 6) is -0.174. The predicted octanol–water partition coefficient (Wildman–Crippen LogP) is 4.72. The molecule has 0 aliphatic rings. The Morgan fingerprint density at radius 1 is 0.967 bits per heavy atom. The SMILES string of the molecule is COc1ccccc1C(=O)Oc1ccc(C(=O)C=Cc2cccc([N+](=O)[O-])c2)cc1. The summed E-state index contributed by atoms with van der Waals surface area (Å²) in [6, 6.07) is 18.8. The second-order valence-electron chi connectivity index (χ2n) is 6.16. The first-order valence-electron chi connectivity index (χ1n) is 8.90. The first kappa shape index (κ1) is 20.5. The number of allylic oxidation sites excluding steroid dienone is 1. The Morgan fingerprint density at radius 3 is 2.40 bits per heavy atom. The number of ether oxygens (including phenoxy) is 2. The van der Waals surface area contributed by atoms with Gasteiger partial charge in [0.05, 0.1) is 12.0 Å². The predicted molar refractivity (Wildman–Crippen MR) is 111 cm³/mol. The van der Waals surface area contributed by atoms with Gasteiger partial charge in [0.15, 0.2) is 5.78 Å². The van der Waals surface area contributed by atoms with Gasteiger partial charge >= 0.3 is 5.97 Å². The molecule has 0 saturated heterocycles. The molecule has 0 heterocycles. The number of esters is 1. The van der Waals surface area contributed by atoms with Gasteiger partial charge in [-0.1, -0.05) is 30.3 Å². The number of para-hydroxylation sites is 1. The van der Waals surface area contributed by atoms with Crippen LogP contribution in [0.3, 0.4) is 0 Å². The van der Waals surface area contributed by atoms with Crippen molar-refractivity contribution in [1.82, 2.24) is 0 Å². The Labute approximate surface area is 172 Å². The molecule has 30 heavy (non-hydrogen) atoms. The lowest BCUT2D eigenvalue weighted by Crippen LogP contribution is -2.10. The van der Waals surface area contributed by atoms with E-state index in [9.17, 15) is 19.7 Å². The van der Waals surface area contributed by atoms with Gasteiger partial charge in [-0.25, -0.2) is 4.79 Å². The van der Waals surface area contributed by atoms with Crippen molar-refractivity contribution in [3.8, 4) is 11.5 Å². The lowest BCUT2D eigenvalue weighted by atomic mass is 10.1.